The molecule has 4 rings (SSSR count). The Balaban J connectivity index is 1.31. The number of hydrogen-bond acceptors (Lipinski definition) is 7. The standard InChI is InChI=1S/C24H34N4O3S/c29-15-5-1-4-10-27-11-8-19(9-12-27)24-26-21(18-32-24)23(30)25-20-6-2-3-7-22(20)28-13-16-31-17-14-28/h2-3,6-7,18-19,29H,1,4-5,8-17H2,(H,25,30). The van der Waals surface area contributed by atoms with Crippen LogP contribution in [0.2, 0.25) is 0 Å². The molecule has 0 radical (unpaired) electrons. The number of likely N-dealkylation sites (tertiary alicyclic amines) is 1. The summed E-state index contributed by atoms with van der Waals surface area (Å²) in [6.07, 6.45) is 5.33. The fraction of sp³-hybridized carbons (Fsp3) is 0.583. The molecule has 2 saturated heterocycles. The van der Waals surface area contributed by atoms with E-state index in [1.54, 1.807) is 11.3 Å². The minimum absolute atomic E-state index is 0.144. The normalized spacial score (nSPS) is 18.1. The van der Waals surface area contributed by atoms with E-state index < -0.39 is 0 Å². The molecule has 1 amide bonds. The number of unbranched alkanes of at least 4 members (excludes halogenated alkanes) is 2. The van der Waals surface area contributed by atoms with E-state index in [2.05, 4.69) is 15.1 Å². The molecule has 32 heavy (non-hydrogen) atoms. The summed E-state index contributed by atoms with van der Waals surface area (Å²) < 4.78 is 5.46. The molecular formula is C24H34N4O3S. The molecular weight excluding hydrogens is 424 g/mol. The Hall–Kier alpha value is -2.00. The number of carbonyl (C=O) groups is 1. The van der Waals surface area contributed by atoms with Crippen LogP contribution in [0.3, 0.4) is 0 Å². The lowest BCUT2D eigenvalue weighted by atomic mass is 9.97. The number of thiazole rings is 1. The maximum absolute atomic E-state index is 12.9. The number of para-hydroxylation sites is 2. The highest BCUT2D eigenvalue weighted by Crippen LogP contribution is 2.31. The Morgan fingerprint density at radius 3 is 2.69 bits per heavy atom. The van der Waals surface area contributed by atoms with Crippen LogP contribution in [0.4, 0.5) is 11.4 Å². The number of aliphatic hydroxyl groups excluding tert-OH is 1. The quantitative estimate of drug-likeness (QED) is 0.560. The summed E-state index contributed by atoms with van der Waals surface area (Å²) in [5.74, 6) is 0.297. The summed E-state index contributed by atoms with van der Waals surface area (Å²) in [6, 6.07) is 7.95. The first-order valence-electron chi connectivity index (χ1n) is 11.8. The number of anilines is 2. The van der Waals surface area contributed by atoms with Gasteiger partial charge in [-0.2, -0.15) is 0 Å². The van der Waals surface area contributed by atoms with Crippen LogP contribution in [0, 0.1) is 0 Å². The van der Waals surface area contributed by atoms with E-state index in [1.165, 1.54) is 0 Å². The van der Waals surface area contributed by atoms with Gasteiger partial charge >= 0.3 is 0 Å². The van der Waals surface area contributed by atoms with Gasteiger partial charge in [-0.05, 0) is 63.9 Å². The van der Waals surface area contributed by atoms with Crippen LogP contribution in [-0.2, 0) is 4.74 Å². The zero-order chi connectivity index (χ0) is 22.2. The van der Waals surface area contributed by atoms with Gasteiger partial charge in [-0.1, -0.05) is 12.1 Å². The van der Waals surface area contributed by atoms with Gasteiger partial charge < -0.3 is 25.0 Å². The third-order valence-electron chi connectivity index (χ3n) is 6.33. The number of aliphatic hydroxyl groups is 1. The fourth-order valence-electron chi connectivity index (χ4n) is 4.45. The van der Waals surface area contributed by atoms with Gasteiger partial charge in [0.25, 0.3) is 5.91 Å². The van der Waals surface area contributed by atoms with E-state index in [0.717, 1.165) is 81.2 Å². The predicted octanol–water partition coefficient (Wildman–Crippen LogP) is 3.57. The lowest BCUT2D eigenvalue weighted by Crippen LogP contribution is -2.36. The van der Waals surface area contributed by atoms with E-state index in [-0.39, 0.29) is 5.91 Å². The first kappa shape index (κ1) is 23.2. The number of amides is 1. The second-order valence-electron chi connectivity index (χ2n) is 8.54. The molecule has 0 unspecified atom stereocenters. The monoisotopic (exact) mass is 458 g/mol. The number of nitrogens with one attached hydrogen (secondary N) is 1. The van der Waals surface area contributed by atoms with Gasteiger partial charge in [0.1, 0.15) is 5.69 Å². The van der Waals surface area contributed by atoms with Gasteiger partial charge in [0.05, 0.1) is 29.6 Å². The van der Waals surface area contributed by atoms with Gasteiger partial charge in [-0.15, -0.1) is 11.3 Å². The number of rotatable bonds is 9. The molecule has 2 N–H and O–H groups in total. The Labute approximate surface area is 194 Å². The highest BCUT2D eigenvalue weighted by molar-refractivity contribution is 7.10. The highest BCUT2D eigenvalue weighted by atomic mass is 32.1. The van der Waals surface area contributed by atoms with Crippen molar-refractivity contribution in [1.82, 2.24) is 9.88 Å². The molecule has 3 heterocycles. The number of benzene rings is 1. The Kier molecular flexibility index (Phi) is 8.50. The maximum Gasteiger partial charge on any atom is 0.275 e. The molecule has 7 nitrogen and oxygen atoms in total. The van der Waals surface area contributed by atoms with Crippen LogP contribution in [0.5, 0.6) is 0 Å². The van der Waals surface area contributed by atoms with E-state index in [4.69, 9.17) is 14.8 Å². The van der Waals surface area contributed by atoms with E-state index in [9.17, 15) is 4.79 Å². The van der Waals surface area contributed by atoms with Gasteiger partial charge in [-0.3, -0.25) is 4.79 Å². The molecule has 174 valence electrons. The lowest BCUT2D eigenvalue weighted by molar-refractivity contribution is 0.102. The van der Waals surface area contributed by atoms with Crippen molar-refractivity contribution in [2.75, 3.05) is 62.8 Å². The molecule has 2 fully saturated rings. The summed E-state index contributed by atoms with van der Waals surface area (Å²) in [4.78, 5) is 22.4. The molecule has 1 aromatic carbocycles. The van der Waals surface area contributed by atoms with Gasteiger partial charge in [0.15, 0.2) is 0 Å². The second kappa shape index (κ2) is 11.7. The van der Waals surface area contributed by atoms with Crippen LogP contribution in [0.15, 0.2) is 29.6 Å². The molecule has 0 saturated carbocycles. The van der Waals surface area contributed by atoms with Crippen LogP contribution < -0.4 is 10.2 Å². The molecule has 0 spiro atoms. The Morgan fingerprint density at radius 2 is 1.91 bits per heavy atom. The molecule has 2 aromatic rings. The van der Waals surface area contributed by atoms with Gasteiger partial charge in [0.2, 0.25) is 0 Å². The molecule has 1 aromatic heterocycles. The van der Waals surface area contributed by atoms with Crippen molar-refractivity contribution >= 4 is 28.6 Å². The predicted molar refractivity (Wildman–Crippen MR) is 129 cm³/mol. The molecule has 0 bridgehead atoms. The Morgan fingerprint density at radius 1 is 1.12 bits per heavy atom. The number of hydrogen-bond donors (Lipinski definition) is 2. The molecule has 2 aliphatic rings. The van der Waals surface area contributed by atoms with Crippen LogP contribution in [0.1, 0.15) is 53.5 Å². The van der Waals surface area contributed by atoms with Crippen LogP contribution in [0.25, 0.3) is 0 Å². The number of carbonyl (C=O) groups excluding carboxylic acids is 1. The van der Waals surface area contributed by atoms with E-state index in [1.807, 2.05) is 29.6 Å². The number of morpholine rings is 1. The first-order valence-corrected chi connectivity index (χ1v) is 12.6. The Bertz CT molecular complexity index is 860. The van der Waals surface area contributed by atoms with Crippen molar-refractivity contribution in [1.29, 1.82) is 0 Å². The fourth-order valence-corrected chi connectivity index (χ4v) is 5.42. The minimum atomic E-state index is -0.144. The highest BCUT2D eigenvalue weighted by Gasteiger charge is 2.24. The second-order valence-corrected chi connectivity index (χ2v) is 9.43. The summed E-state index contributed by atoms with van der Waals surface area (Å²) in [5, 5.41) is 15.0. The van der Waals surface area contributed by atoms with Crippen molar-refractivity contribution in [2.45, 2.75) is 38.0 Å². The molecule has 0 aliphatic carbocycles. The number of aromatic nitrogens is 1. The largest absolute Gasteiger partial charge is 0.396 e. The zero-order valence-corrected chi connectivity index (χ0v) is 19.5. The summed E-state index contributed by atoms with van der Waals surface area (Å²) in [6.45, 7) is 6.64. The minimum Gasteiger partial charge on any atom is -0.396 e. The van der Waals surface area contributed by atoms with Gasteiger partial charge in [0, 0.05) is 31.0 Å². The summed E-state index contributed by atoms with van der Waals surface area (Å²) >= 11 is 1.61. The third-order valence-corrected chi connectivity index (χ3v) is 7.34. The van der Waals surface area contributed by atoms with Crippen LogP contribution >= 0.6 is 11.3 Å². The molecule has 8 heteroatoms. The molecule has 0 atom stereocenters. The van der Waals surface area contributed by atoms with E-state index in [0.29, 0.717) is 31.4 Å². The average Bonchev–Trinajstić information content (AvgIpc) is 3.34. The summed E-state index contributed by atoms with van der Waals surface area (Å²) in [5.41, 5.74) is 2.36. The number of ether oxygens (including phenoxy) is 1. The van der Waals surface area contributed by atoms with E-state index >= 15 is 0 Å². The third kappa shape index (κ3) is 6.07. The number of nitrogens with zero attached hydrogens (tertiary/aromatic N) is 3. The van der Waals surface area contributed by atoms with Gasteiger partial charge in [-0.25, -0.2) is 4.98 Å². The van der Waals surface area contributed by atoms with Crippen molar-refractivity contribution < 1.29 is 14.6 Å². The number of piperidine rings is 1. The van der Waals surface area contributed by atoms with Crippen molar-refractivity contribution in [2.24, 2.45) is 0 Å². The smallest absolute Gasteiger partial charge is 0.275 e. The lowest BCUT2D eigenvalue weighted by Gasteiger charge is -2.31. The maximum atomic E-state index is 12.9. The van der Waals surface area contributed by atoms with Crippen LogP contribution in [-0.4, -0.2) is 73.4 Å². The first-order chi connectivity index (χ1) is 15.7. The molecule has 2 aliphatic heterocycles. The zero-order valence-electron chi connectivity index (χ0n) is 18.7. The van der Waals surface area contributed by atoms with Crippen molar-refractivity contribution in [3.63, 3.8) is 0 Å². The SMILES string of the molecule is O=C(Nc1ccccc1N1CCOCC1)c1csc(C2CCN(CCCCCO)CC2)n1. The average molecular weight is 459 g/mol. The summed E-state index contributed by atoms with van der Waals surface area (Å²) in [7, 11) is 0. The van der Waals surface area contributed by atoms with Crippen molar-refractivity contribution in [3.05, 3.63) is 40.3 Å². The topological polar surface area (TPSA) is 77.9 Å². The van der Waals surface area contributed by atoms with Crippen molar-refractivity contribution in [3.8, 4) is 0 Å².